The fourth-order valence-corrected chi connectivity index (χ4v) is 6.70. The molecule has 1 aliphatic carbocycles. The Hall–Kier alpha value is -4.34. The Balaban J connectivity index is 1.37. The van der Waals surface area contributed by atoms with E-state index in [1.165, 1.54) is 70.6 Å². The van der Waals surface area contributed by atoms with Gasteiger partial charge >= 0.3 is 0 Å². The highest BCUT2D eigenvalue weighted by Gasteiger charge is 2.17. The predicted molar refractivity (Wildman–Crippen MR) is 170 cm³/mol. The van der Waals surface area contributed by atoms with Crippen molar-refractivity contribution in [3.8, 4) is 16.8 Å². The van der Waals surface area contributed by atoms with Crippen molar-refractivity contribution in [3.63, 3.8) is 0 Å². The van der Waals surface area contributed by atoms with Crippen LogP contribution in [0.2, 0.25) is 0 Å². The smallest absolute Gasteiger partial charge is 0.0547 e. The number of nitrogens with zero attached hydrogens (tertiary/aromatic N) is 2. The van der Waals surface area contributed by atoms with Gasteiger partial charge in [-0.15, -0.1) is 0 Å². The maximum atomic E-state index is 3.76. The van der Waals surface area contributed by atoms with Crippen molar-refractivity contribution in [3.05, 3.63) is 132 Å². The molecule has 186 valence electrons. The molecule has 0 spiro atoms. The molecule has 0 amide bonds. The molecule has 0 fully saturated rings. The first-order valence-corrected chi connectivity index (χ1v) is 14.2. The van der Waals surface area contributed by atoms with Crippen LogP contribution in [0.5, 0.6) is 0 Å². The Labute approximate surface area is 235 Å². The number of halogens is 1. The molecule has 5 aromatic carbocycles. The summed E-state index contributed by atoms with van der Waals surface area (Å²) in [6.07, 6.45) is 6.73. The lowest BCUT2D eigenvalue weighted by molar-refractivity contribution is 1.01. The van der Waals surface area contributed by atoms with E-state index in [2.05, 4.69) is 152 Å². The summed E-state index contributed by atoms with van der Waals surface area (Å²) in [6, 6.07) is 41.9. The monoisotopic (exact) mass is 564 g/mol. The van der Waals surface area contributed by atoms with Gasteiger partial charge in [-0.05, 0) is 77.0 Å². The van der Waals surface area contributed by atoms with Crippen molar-refractivity contribution >= 4 is 65.2 Å². The van der Waals surface area contributed by atoms with E-state index in [-0.39, 0.29) is 0 Å². The van der Waals surface area contributed by atoms with Crippen LogP contribution in [0.4, 0.5) is 0 Å². The molecule has 1 aliphatic rings. The van der Waals surface area contributed by atoms with Crippen LogP contribution in [-0.2, 0) is 0 Å². The van der Waals surface area contributed by atoms with E-state index < -0.39 is 0 Å². The summed E-state index contributed by atoms with van der Waals surface area (Å²) in [6.45, 7) is 0. The van der Waals surface area contributed by atoms with Gasteiger partial charge in [0.15, 0.2) is 0 Å². The van der Waals surface area contributed by atoms with Crippen molar-refractivity contribution < 1.29 is 0 Å². The molecular weight excluding hydrogens is 540 g/mol. The van der Waals surface area contributed by atoms with Crippen molar-refractivity contribution in [2.75, 3.05) is 0 Å². The molecule has 3 heteroatoms. The van der Waals surface area contributed by atoms with Crippen molar-refractivity contribution in [2.45, 2.75) is 12.8 Å². The largest absolute Gasteiger partial charge is 0.310 e. The van der Waals surface area contributed by atoms with Gasteiger partial charge in [0.05, 0.1) is 22.1 Å². The number of fused-ring (bicyclic) bond motifs is 6. The summed E-state index contributed by atoms with van der Waals surface area (Å²) in [4.78, 5) is 0. The highest BCUT2D eigenvalue weighted by molar-refractivity contribution is 9.11. The zero-order chi connectivity index (χ0) is 25.9. The normalized spacial score (nSPS) is 13.9. The maximum absolute atomic E-state index is 3.76. The number of rotatable bonds is 3. The van der Waals surface area contributed by atoms with Gasteiger partial charge in [-0.2, -0.15) is 0 Å². The Morgan fingerprint density at radius 3 is 1.92 bits per heavy atom. The fraction of sp³-hybridized carbons (Fsp3) is 0.0556. The summed E-state index contributed by atoms with van der Waals surface area (Å²) in [7, 11) is 0. The molecule has 0 aliphatic heterocycles. The van der Waals surface area contributed by atoms with Crippen LogP contribution in [0.1, 0.15) is 12.8 Å². The van der Waals surface area contributed by atoms with Crippen molar-refractivity contribution in [1.29, 1.82) is 0 Å². The number of allylic oxidation sites excluding steroid dienone is 4. The summed E-state index contributed by atoms with van der Waals surface area (Å²) in [5.74, 6) is 0. The molecule has 0 N–H and O–H groups in total. The molecule has 8 rings (SSSR count). The van der Waals surface area contributed by atoms with Crippen LogP contribution in [0.15, 0.2) is 132 Å². The molecule has 2 heterocycles. The summed E-state index contributed by atoms with van der Waals surface area (Å²) < 4.78 is 6.05. The summed E-state index contributed by atoms with van der Waals surface area (Å²) >= 11 is 3.76. The van der Waals surface area contributed by atoms with Gasteiger partial charge in [0.2, 0.25) is 0 Å². The Morgan fingerprint density at radius 2 is 1.13 bits per heavy atom. The van der Waals surface area contributed by atoms with Gasteiger partial charge in [0, 0.05) is 32.9 Å². The average Bonchev–Trinajstić information content (AvgIpc) is 3.50. The van der Waals surface area contributed by atoms with E-state index in [4.69, 9.17) is 0 Å². The molecule has 2 aromatic heterocycles. The Morgan fingerprint density at radius 1 is 0.513 bits per heavy atom. The van der Waals surface area contributed by atoms with Crippen LogP contribution in [-0.4, -0.2) is 9.13 Å². The van der Waals surface area contributed by atoms with Crippen LogP contribution < -0.4 is 0 Å². The van der Waals surface area contributed by atoms with E-state index in [1.807, 2.05) is 0 Å². The van der Waals surface area contributed by atoms with Crippen molar-refractivity contribution in [2.24, 2.45) is 0 Å². The lowest BCUT2D eigenvalue weighted by Gasteiger charge is -2.14. The molecular formula is C36H25BrN2. The summed E-state index contributed by atoms with van der Waals surface area (Å²) in [5.41, 5.74) is 9.81. The first kappa shape index (κ1) is 22.6. The van der Waals surface area contributed by atoms with Gasteiger partial charge in [0.25, 0.3) is 0 Å². The zero-order valence-corrected chi connectivity index (χ0v) is 22.9. The Kier molecular flexibility index (Phi) is 5.14. The number of aromatic nitrogens is 2. The third-order valence-electron chi connectivity index (χ3n) is 7.99. The number of hydrogen-bond acceptors (Lipinski definition) is 0. The minimum atomic E-state index is 1.04. The lowest BCUT2D eigenvalue weighted by Crippen LogP contribution is -1.98. The topological polar surface area (TPSA) is 9.86 Å². The average molecular weight is 566 g/mol. The predicted octanol–water partition coefficient (Wildman–Crippen LogP) is 10.5. The van der Waals surface area contributed by atoms with Gasteiger partial charge in [-0.1, -0.05) is 94.8 Å². The fourth-order valence-electron chi connectivity index (χ4n) is 6.24. The van der Waals surface area contributed by atoms with Gasteiger partial charge < -0.3 is 9.13 Å². The highest BCUT2D eigenvalue weighted by atomic mass is 79.9. The minimum Gasteiger partial charge on any atom is -0.310 e. The molecule has 0 saturated carbocycles. The molecule has 0 atom stereocenters. The number of hydrogen-bond donors (Lipinski definition) is 0. The third kappa shape index (κ3) is 3.54. The minimum absolute atomic E-state index is 1.04. The second-order valence-corrected chi connectivity index (χ2v) is 11.3. The molecule has 0 unspecified atom stereocenters. The Bertz CT molecular complexity index is 2120. The number of benzene rings is 5. The van der Waals surface area contributed by atoms with Crippen LogP contribution in [0.3, 0.4) is 0 Å². The van der Waals surface area contributed by atoms with Crippen LogP contribution in [0, 0.1) is 0 Å². The maximum Gasteiger partial charge on any atom is 0.0547 e. The van der Waals surface area contributed by atoms with Crippen molar-refractivity contribution in [1.82, 2.24) is 9.13 Å². The molecule has 0 saturated heterocycles. The SMILES string of the molecule is BrC1=CC(n2c3ccccc3c3ccc(-c4ccc5c(c4)c4ccccc4n5-c4ccccc4)cc32)=CCC1. The van der Waals surface area contributed by atoms with E-state index in [1.54, 1.807) is 0 Å². The molecule has 0 radical (unpaired) electrons. The van der Waals surface area contributed by atoms with E-state index in [0.29, 0.717) is 0 Å². The number of para-hydroxylation sites is 3. The molecule has 2 nitrogen and oxygen atoms in total. The van der Waals surface area contributed by atoms with E-state index in [0.717, 1.165) is 12.8 Å². The summed E-state index contributed by atoms with van der Waals surface area (Å²) in [5, 5.41) is 5.12. The van der Waals surface area contributed by atoms with E-state index >= 15 is 0 Å². The van der Waals surface area contributed by atoms with Gasteiger partial charge in [0.1, 0.15) is 0 Å². The second-order valence-electron chi connectivity index (χ2n) is 10.3. The molecule has 0 bridgehead atoms. The zero-order valence-electron chi connectivity index (χ0n) is 21.3. The first-order valence-electron chi connectivity index (χ1n) is 13.4. The molecule has 7 aromatic rings. The van der Waals surface area contributed by atoms with Gasteiger partial charge in [-0.3, -0.25) is 0 Å². The van der Waals surface area contributed by atoms with Gasteiger partial charge in [-0.25, -0.2) is 0 Å². The standard InChI is InChI=1S/C36H25BrN2/c37-26-9-8-12-28(23-26)39-33-15-6-4-13-29(33)31-19-17-25(22-36(31)39)24-18-20-35-32(21-24)30-14-5-7-16-34(30)38(35)27-10-2-1-3-11-27/h1-7,10-23H,8-9H2. The second kappa shape index (κ2) is 8.86. The van der Waals surface area contributed by atoms with E-state index in [9.17, 15) is 0 Å². The third-order valence-corrected chi connectivity index (χ3v) is 8.62. The first-order chi connectivity index (χ1) is 19.3. The quantitative estimate of drug-likeness (QED) is 0.202. The van der Waals surface area contributed by atoms with Crippen LogP contribution >= 0.6 is 15.9 Å². The highest BCUT2D eigenvalue weighted by Crippen LogP contribution is 2.39. The lowest BCUT2D eigenvalue weighted by atomic mass is 10.0. The van der Waals surface area contributed by atoms with Crippen LogP contribution in [0.25, 0.3) is 66.1 Å². The molecule has 39 heavy (non-hydrogen) atoms.